The third-order valence-electron chi connectivity index (χ3n) is 4.69. The van der Waals surface area contributed by atoms with Gasteiger partial charge in [0, 0.05) is 45.1 Å². The maximum atomic E-state index is 12.9. The van der Waals surface area contributed by atoms with Crippen LogP contribution in [0.2, 0.25) is 0 Å². The van der Waals surface area contributed by atoms with Crippen molar-refractivity contribution in [1.82, 2.24) is 9.47 Å². The summed E-state index contributed by atoms with van der Waals surface area (Å²) in [6.45, 7) is 11.3. The molecule has 4 heteroatoms. The fourth-order valence-electron chi connectivity index (χ4n) is 3.17. The lowest BCUT2D eigenvalue weighted by molar-refractivity contribution is -0.134. The highest BCUT2D eigenvalue weighted by atomic mass is 16.5. The first-order valence-corrected chi connectivity index (χ1v) is 9.75. The van der Waals surface area contributed by atoms with Crippen molar-refractivity contribution >= 4 is 5.91 Å². The molecule has 0 N–H and O–H groups in total. The number of carbonyl (C=O) groups is 1. The normalized spacial score (nSPS) is 11.6. The quantitative estimate of drug-likeness (QED) is 0.602. The fraction of sp³-hybridized carbons (Fsp3) is 0.522. The van der Waals surface area contributed by atoms with Crippen LogP contribution in [-0.4, -0.2) is 35.6 Å². The monoisotopic (exact) mass is 370 g/mol. The number of aryl methyl sites for hydroxylation is 1. The molecule has 27 heavy (non-hydrogen) atoms. The number of aromatic nitrogens is 1. The van der Waals surface area contributed by atoms with Crippen LogP contribution in [0.25, 0.3) is 0 Å². The number of ether oxygens (including phenoxy) is 1. The topological polar surface area (TPSA) is 34.5 Å². The first-order chi connectivity index (χ1) is 12.8. The van der Waals surface area contributed by atoms with Crippen LogP contribution in [0.1, 0.15) is 50.4 Å². The molecule has 1 amide bonds. The summed E-state index contributed by atoms with van der Waals surface area (Å²) in [5.41, 5.74) is 3.75. The molecule has 0 atom stereocenters. The third-order valence-corrected chi connectivity index (χ3v) is 4.69. The lowest BCUT2D eigenvalue weighted by Gasteiger charge is -2.27. The Hall–Kier alpha value is -2.07. The Morgan fingerprint density at radius 3 is 2.56 bits per heavy atom. The van der Waals surface area contributed by atoms with E-state index in [1.54, 1.807) is 7.11 Å². The van der Waals surface area contributed by atoms with Crippen molar-refractivity contribution in [3.63, 3.8) is 0 Å². The molecular formula is C23H34N2O2. The van der Waals surface area contributed by atoms with Gasteiger partial charge in [-0.05, 0) is 42.0 Å². The van der Waals surface area contributed by atoms with Gasteiger partial charge in [-0.3, -0.25) is 4.79 Å². The van der Waals surface area contributed by atoms with Gasteiger partial charge >= 0.3 is 0 Å². The molecule has 0 saturated heterocycles. The zero-order chi connectivity index (χ0) is 19.9. The van der Waals surface area contributed by atoms with Crippen molar-refractivity contribution in [1.29, 1.82) is 0 Å². The lowest BCUT2D eigenvalue weighted by atomic mass is 9.91. The van der Waals surface area contributed by atoms with Crippen LogP contribution in [-0.2, 0) is 22.6 Å². The van der Waals surface area contributed by atoms with Crippen molar-refractivity contribution in [3.05, 3.63) is 59.4 Å². The van der Waals surface area contributed by atoms with Crippen LogP contribution in [0.3, 0.4) is 0 Å². The highest BCUT2D eigenvalue weighted by Crippen LogP contribution is 2.21. The van der Waals surface area contributed by atoms with Gasteiger partial charge in [0.1, 0.15) is 0 Å². The summed E-state index contributed by atoms with van der Waals surface area (Å²) in [6, 6.07) is 12.6. The molecule has 1 aromatic carbocycles. The summed E-state index contributed by atoms with van der Waals surface area (Å²) in [5, 5.41) is 0. The number of hydrogen-bond donors (Lipinski definition) is 0. The SMILES string of the molecule is COCCCN(Cc1cccn1Cc1ccccc1C)C(=O)CC(C)(C)C. The highest BCUT2D eigenvalue weighted by molar-refractivity contribution is 5.76. The number of hydrogen-bond acceptors (Lipinski definition) is 2. The maximum Gasteiger partial charge on any atom is 0.223 e. The van der Waals surface area contributed by atoms with Gasteiger partial charge in [-0.25, -0.2) is 0 Å². The molecule has 0 spiro atoms. The van der Waals surface area contributed by atoms with E-state index in [1.165, 1.54) is 11.1 Å². The second-order valence-electron chi connectivity index (χ2n) is 8.45. The van der Waals surface area contributed by atoms with Gasteiger partial charge in [-0.15, -0.1) is 0 Å². The highest BCUT2D eigenvalue weighted by Gasteiger charge is 2.22. The van der Waals surface area contributed by atoms with Gasteiger partial charge < -0.3 is 14.2 Å². The molecule has 148 valence electrons. The molecular weight excluding hydrogens is 336 g/mol. The Kier molecular flexibility index (Phi) is 7.66. The average molecular weight is 371 g/mol. The number of carbonyl (C=O) groups excluding carboxylic acids is 1. The molecule has 0 unspecified atom stereocenters. The first kappa shape index (κ1) is 21.2. The summed E-state index contributed by atoms with van der Waals surface area (Å²) in [7, 11) is 1.70. The summed E-state index contributed by atoms with van der Waals surface area (Å²) >= 11 is 0. The van der Waals surface area contributed by atoms with Gasteiger partial charge in [0.25, 0.3) is 0 Å². The van der Waals surface area contributed by atoms with E-state index in [4.69, 9.17) is 4.74 Å². The standard InChI is InChI=1S/C23H34N2O2/c1-19-10-6-7-11-20(19)17-24-13-8-12-21(24)18-25(14-9-15-27-5)22(26)16-23(2,3)4/h6-8,10-13H,9,14-18H2,1-5H3. The van der Waals surface area contributed by atoms with Gasteiger partial charge in [0.15, 0.2) is 0 Å². The predicted octanol–water partition coefficient (Wildman–Crippen LogP) is 4.65. The molecule has 0 saturated carbocycles. The van der Waals surface area contributed by atoms with Gasteiger partial charge in [0.2, 0.25) is 5.91 Å². The second-order valence-corrected chi connectivity index (χ2v) is 8.45. The van der Waals surface area contributed by atoms with Gasteiger partial charge in [-0.1, -0.05) is 45.0 Å². The summed E-state index contributed by atoms with van der Waals surface area (Å²) in [5.74, 6) is 0.210. The minimum Gasteiger partial charge on any atom is -0.385 e. The van der Waals surface area contributed by atoms with Crippen LogP contribution >= 0.6 is 0 Å². The first-order valence-electron chi connectivity index (χ1n) is 9.75. The van der Waals surface area contributed by atoms with E-state index in [9.17, 15) is 4.79 Å². The van der Waals surface area contributed by atoms with E-state index in [2.05, 4.69) is 74.9 Å². The van der Waals surface area contributed by atoms with E-state index in [0.29, 0.717) is 19.6 Å². The molecule has 0 aliphatic carbocycles. The van der Waals surface area contributed by atoms with Crippen LogP contribution < -0.4 is 0 Å². The summed E-state index contributed by atoms with van der Waals surface area (Å²) in [4.78, 5) is 14.9. The Bertz CT molecular complexity index is 728. The molecule has 0 aliphatic rings. The molecule has 0 fully saturated rings. The predicted molar refractivity (Wildman–Crippen MR) is 111 cm³/mol. The minimum atomic E-state index is -0.0142. The molecule has 1 aromatic heterocycles. The molecule has 0 radical (unpaired) electrons. The summed E-state index contributed by atoms with van der Waals surface area (Å²) < 4.78 is 7.43. The third kappa shape index (κ3) is 6.87. The van der Waals surface area contributed by atoms with Crippen molar-refractivity contribution in [2.45, 2.75) is 53.6 Å². The fourth-order valence-corrected chi connectivity index (χ4v) is 3.17. The largest absolute Gasteiger partial charge is 0.385 e. The van der Waals surface area contributed by atoms with E-state index < -0.39 is 0 Å². The second kappa shape index (κ2) is 9.75. The summed E-state index contributed by atoms with van der Waals surface area (Å²) in [6.07, 6.45) is 3.51. The van der Waals surface area contributed by atoms with E-state index >= 15 is 0 Å². The van der Waals surface area contributed by atoms with Crippen LogP contribution in [0, 0.1) is 12.3 Å². The Morgan fingerprint density at radius 2 is 1.89 bits per heavy atom. The lowest BCUT2D eigenvalue weighted by Crippen LogP contribution is -2.35. The molecule has 0 bridgehead atoms. The zero-order valence-corrected chi connectivity index (χ0v) is 17.5. The van der Waals surface area contributed by atoms with Gasteiger partial charge in [0.05, 0.1) is 6.54 Å². The Balaban J connectivity index is 2.13. The molecule has 2 aromatic rings. The van der Waals surface area contributed by atoms with Crippen molar-refractivity contribution < 1.29 is 9.53 Å². The van der Waals surface area contributed by atoms with Crippen molar-refractivity contribution in [3.8, 4) is 0 Å². The zero-order valence-electron chi connectivity index (χ0n) is 17.5. The van der Waals surface area contributed by atoms with E-state index in [-0.39, 0.29) is 11.3 Å². The number of benzene rings is 1. The Labute approximate surface area is 164 Å². The maximum absolute atomic E-state index is 12.9. The molecule has 1 heterocycles. The molecule has 4 nitrogen and oxygen atoms in total. The Morgan fingerprint density at radius 1 is 1.15 bits per heavy atom. The van der Waals surface area contributed by atoms with Gasteiger partial charge in [-0.2, -0.15) is 0 Å². The van der Waals surface area contributed by atoms with Crippen LogP contribution in [0.4, 0.5) is 0 Å². The molecule has 0 aliphatic heterocycles. The number of methoxy groups -OCH3 is 1. The van der Waals surface area contributed by atoms with Crippen LogP contribution in [0.5, 0.6) is 0 Å². The smallest absolute Gasteiger partial charge is 0.223 e. The average Bonchev–Trinajstić information content (AvgIpc) is 3.01. The van der Waals surface area contributed by atoms with Crippen molar-refractivity contribution in [2.75, 3.05) is 20.3 Å². The van der Waals surface area contributed by atoms with Crippen molar-refractivity contribution in [2.24, 2.45) is 5.41 Å². The van der Waals surface area contributed by atoms with Crippen LogP contribution in [0.15, 0.2) is 42.6 Å². The van der Waals surface area contributed by atoms with E-state index in [0.717, 1.165) is 25.2 Å². The van der Waals surface area contributed by atoms with E-state index in [1.807, 2.05) is 4.90 Å². The number of nitrogens with zero attached hydrogens (tertiary/aromatic N) is 2. The number of amides is 1. The molecule has 2 rings (SSSR count). The minimum absolute atomic E-state index is 0.0142. The number of rotatable bonds is 9.